The van der Waals surface area contributed by atoms with E-state index in [4.69, 9.17) is 0 Å². The monoisotopic (exact) mass is 638 g/mol. The van der Waals surface area contributed by atoms with Crippen molar-refractivity contribution in [1.29, 1.82) is 0 Å². The number of aryl methyl sites for hydroxylation is 2. The molecule has 4 aliphatic heterocycles. The van der Waals surface area contributed by atoms with Crippen LogP contribution >= 0.6 is 0 Å². The molecule has 2 aromatic carbocycles. The molecule has 0 bridgehead atoms. The Morgan fingerprint density at radius 1 is 0.638 bits per heavy atom. The Balaban J connectivity index is 0.000000185. The second kappa shape index (κ2) is 14.1. The predicted octanol–water partition coefficient (Wildman–Crippen LogP) is 2.03. The van der Waals surface area contributed by atoms with Crippen molar-refractivity contribution >= 4 is 0 Å². The van der Waals surface area contributed by atoms with Crippen molar-refractivity contribution in [2.45, 2.75) is 66.7 Å². The van der Waals surface area contributed by atoms with Gasteiger partial charge in [0.15, 0.2) is 17.3 Å². The van der Waals surface area contributed by atoms with Crippen LogP contribution in [0.25, 0.3) is 45.8 Å². The molecule has 15 heteroatoms. The SMILES string of the molecule is CCCn1c(=O)nc2n(CC)nc(-c3ccccc3)[n+]([O-])c-2c1=O.CCCn1c(=O)nc2n(CC)nc(-c3ccccc3)nc-2c1=O. The topological polar surface area (TPSA) is 179 Å². The maximum absolute atomic E-state index is 12.8. The zero-order valence-corrected chi connectivity index (χ0v) is 26.5. The first-order chi connectivity index (χ1) is 22.7. The van der Waals surface area contributed by atoms with E-state index < -0.39 is 22.5 Å². The summed E-state index contributed by atoms with van der Waals surface area (Å²) in [6.07, 6.45) is 1.26. The molecule has 0 saturated carbocycles. The Hall–Kier alpha value is -5.86. The van der Waals surface area contributed by atoms with Gasteiger partial charge in [-0.3, -0.25) is 18.7 Å². The van der Waals surface area contributed by atoms with Crippen LogP contribution in [-0.4, -0.2) is 43.6 Å². The van der Waals surface area contributed by atoms with Gasteiger partial charge in [0.25, 0.3) is 5.56 Å². The summed E-state index contributed by atoms with van der Waals surface area (Å²) in [7, 11) is 0. The molecule has 242 valence electrons. The van der Waals surface area contributed by atoms with Crippen LogP contribution in [0.15, 0.2) is 79.8 Å². The van der Waals surface area contributed by atoms with Crippen molar-refractivity contribution < 1.29 is 4.73 Å². The van der Waals surface area contributed by atoms with Crippen LogP contribution in [0.2, 0.25) is 0 Å². The molecule has 0 radical (unpaired) electrons. The maximum Gasteiger partial charge on any atom is 0.359 e. The third-order valence-corrected chi connectivity index (χ3v) is 7.27. The Kier molecular flexibility index (Phi) is 9.73. The van der Waals surface area contributed by atoms with Crippen molar-refractivity contribution in [3.05, 3.63) is 108 Å². The average Bonchev–Trinajstić information content (AvgIpc) is 3.09. The van der Waals surface area contributed by atoms with E-state index in [9.17, 15) is 24.4 Å². The van der Waals surface area contributed by atoms with E-state index in [-0.39, 0.29) is 35.4 Å². The van der Waals surface area contributed by atoms with Gasteiger partial charge in [-0.1, -0.05) is 62.4 Å². The van der Waals surface area contributed by atoms with Crippen molar-refractivity contribution in [2.24, 2.45) is 0 Å². The number of rotatable bonds is 8. The minimum absolute atomic E-state index is 0.00883. The van der Waals surface area contributed by atoms with E-state index in [0.717, 1.165) is 14.7 Å². The fourth-order valence-electron chi connectivity index (χ4n) is 5.02. The molecule has 15 nitrogen and oxygen atoms in total. The van der Waals surface area contributed by atoms with Crippen LogP contribution in [0.4, 0.5) is 0 Å². The minimum Gasteiger partial charge on any atom is -0.710 e. The summed E-state index contributed by atoms with van der Waals surface area (Å²) in [5, 5.41) is 21.4. The highest BCUT2D eigenvalue weighted by Crippen LogP contribution is 2.19. The molecule has 0 saturated heterocycles. The first-order valence-corrected chi connectivity index (χ1v) is 15.4. The van der Waals surface area contributed by atoms with Crippen molar-refractivity contribution in [3.63, 3.8) is 0 Å². The van der Waals surface area contributed by atoms with Crippen LogP contribution in [0.3, 0.4) is 0 Å². The van der Waals surface area contributed by atoms with Gasteiger partial charge >= 0.3 is 22.8 Å². The Bertz CT molecular complexity index is 2190. The summed E-state index contributed by atoms with van der Waals surface area (Å²) >= 11 is 0. The van der Waals surface area contributed by atoms with E-state index in [1.807, 2.05) is 57.2 Å². The fourth-order valence-corrected chi connectivity index (χ4v) is 5.02. The lowest BCUT2D eigenvalue weighted by Crippen LogP contribution is -2.48. The number of nitrogens with zero attached hydrogens (tertiary/aromatic N) is 10. The predicted molar refractivity (Wildman–Crippen MR) is 174 cm³/mol. The Morgan fingerprint density at radius 2 is 1.15 bits per heavy atom. The van der Waals surface area contributed by atoms with Gasteiger partial charge < -0.3 is 5.21 Å². The van der Waals surface area contributed by atoms with Crippen molar-refractivity contribution in [2.75, 3.05) is 0 Å². The molecule has 0 fully saturated rings. The summed E-state index contributed by atoms with van der Waals surface area (Å²) in [5.74, 6) is 0.787. The number of hydrogen-bond acceptors (Lipinski definition) is 10. The van der Waals surface area contributed by atoms with Gasteiger partial charge in [-0.25, -0.2) is 24.0 Å². The van der Waals surface area contributed by atoms with Crippen LogP contribution in [0.1, 0.15) is 40.5 Å². The molecule has 0 aromatic heterocycles. The number of fused-ring (bicyclic) bond motifs is 2. The largest absolute Gasteiger partial charge is 0.710 e. The second-order valence-corrected chi connectivity index (χ2v) is 10.5. The highest BCUT2D eigenvalue weighted by Gasteiger charge is 2.29. The lowest BCUT2D eigenvalue weighted by Gasteiger charge is -2.15. The smallest absolute Gasteiger partial charge is 0.359 e. The summed E-state index contributed by atoms with van der Waals surface area (Å²) in [6, 6.07) is 18.3. The first kappa shape index (κ1) is 32.5. The molecule has 0 unspecified atom stereocenters. The normalized spacial score (nSPS) is 11.1. The van der Waals surface area contributed by atoms with Gasteiger partial charge in [-0.05, 0) is 38.8 Å². The third-order valence-electron chi connectivity index (χ3n) is 7.27. The van der Waals surface area contributed by atoms with E-state index >= 15 is 0 Å². The zero-order chi connectivity index (χ0) is 33.7. The van der Waals surface area contributed by atoms with Gasteiger partial charge in [0, 0.05) is 25.2 Å². The fraction of sp³-hybridized carbons (Fsp3) is 0.312. The van der Waals surface area contributed by atoms with E-state index in [1.165, 1.54) is 4.68 Å². The number of hydrogen-bond donors (Lipinski definition) is 0. The average molecular weight is 639 g/mol. The molecule has 0 N–H and O–H groups in total. The van der Waals surface area contributed by atoms with Gasteiger partial charge in [0.05, 0.1) is 17.2 Å². The highest BCUT2D eigenvalue weighted by atomic mass is 16.5. The van der Waals surface area contributed by atoms with E-state index in [0.29, 0.717) is 48.6 Å². The molecule has 4 heterocycles. The Labute approximate surface area is 268 Å². The number of aromatic nitrogens is 10. The van der Waals surface area contributed by atoms with Crippen LogP contribution in [-0.2, 0) is 26.2 Å². The molecular formula is C32H34N10O5. The van der Waals surface area contributed by atoms with Gasteiger partial charge in [-0.2, -0.15) is 19.7 Å². The van der Waals surface area contributed by atoms with Gasteiger partial charge in [0.2, 0.25) is 11.5 Å². The van der Waals surface area contributed by atoms with Gasteiger partial charge in [0.1, 0.15) is 0 Å². The summed E-state index contributed by atoms with van der Waals surface area (Å²) in [5.41, 5.74) is -0.860. The van der Waals surface area contributed by atoms with E-state index in [1.54, 1.807) is 35.9 Å². The molecular weight excluding hydrogens is 604 g/mol. The molecule has 0 spiro atoms. The quantitative estimate of drug-likeness (QED) is 0.177. The standard InChI is InChI=1S/C16H17N5O3.C16H17N5O2/c1-3-10-19-15(22)12-14(17-16(19)23)20(4-2)18-13(21(12)24)11-8-6-5-7-9-11;1-3-10-20-15(22)12-14(18-16(20)23)21(4-2)19-13(17-12)11-8-6-5-7-9-11/h5-9H,3-4,10H2,1-2H3;5-9H,3-4,10H2,1-2H3. The summed E-state index contributed by atoms with van der Waals surface area (Å²) < 4.78 is 5.54. The molecule has 0 atom stereocenters. The number of benzene rings is 2. The molecule has 0 aliphatic carbocycles. The molecule has 0 amide bonds. The lowest BCUT2D eigenvalue weighted by molar-refractivity contribution is -0.587. The Morgan fingerprint density at radius 3 is 1.70 bits per heavy atom. The zero-order valence-electron chi connectivity index (χ0n) is 26.5. The van der Waals surface area contributed by atoms with Crippen molar-refractivity contribution in [1.82, 2.24) is 43.6 Å². The minimum atomic E-state index is -0.661. The third kappa shape index (κ3) is 6.32. The summed E-state index contributed by atoms with van der Waals surface area (Å²) in [6.45, 7) is 8.84. The highest BCUT2D eigenvalue weighted by molar-refractivity contribution is 5.59. The van der Waals surface area contributed by atoms with Crippen LogP contribution in [0.5, 0.6) is 0 Å². The molecule has 47 heavy (non-hydrogen) atoms. The second-order valence-electron chi connectivity index (χ2n) is 10.5. The van der Waals surface area contributed by atoms with Crippen molar-refractivity contribution in [3.8, 4) is 45.8 Å². The van der Waals surface area contributed by atoms with Crippen LogP contribution in [0, 0.1) is 5.21 Å². The summed E-state index contributed by atoms with van der Waals surface area (Å²) in [4.78, 5) is 61.7. The first-order valence-electron chi connectivity index (χ1n) is 15.4. The molecule has 4 aliphatic rings. The molecule has 6 rings (SSSR count). The molecule has 2 aromatic rings. The van der Waals surface area contributed by atoms with Crippen LogP contribution < -0.4 is 27.2 Å². The van der Waals surface area contributed by atoms with E-state index in [2.05, 4.69) is 25.1 Å². The van der Waals surface area contributed by atoms with Gasteiger partial charge in [-0.15, -0.1) is 0 Å². The lowest BCUT2D eigenvalue weighted by atomic mass is 10.2. The maximum atomic E-state index is 12.8.